The van der Waals surface area contributed by atoms with Crippen LogP contribution < -0.4 is 0 Å². The molecule has 0 aliphatic heterocycles. The van der Waals surface area contributed by atoms with Crippen LogP contribution in [0.5, 0.6) is 0 Å². The maximum Gasteiger partial charge on any atom is 0.380 e. The minimum absolute atomic E-state index is 0.386. The second-order valence-corrected chi connectivity index (χ2v) is 5.15. The van der Waals surface area contributed by atoms with Crippen LogP contribution in [0.15, 0.2) is 0 Å². The van der Waals surface area contributed by atoms with Gasteiger partial charge in [-0.3, -0.25) is 4.79 Å². The van der Waals surface area contributed by atoms with Crippen LogP contribution in [0.4, 0.5) is 8.78 Å². The summed E-state index contributed by atoms with van der Waals surface area (Å²) in [6.07, 6.45) is 4.00. The van der Waals surface area contributed by atoms with Crippen molar-refractivity contribution in [2.45, 2.75) is 57.5 Å². The first kappa shape index (κ1) is 14.9. The summed E-state index contributed by atoms with van der Waals surface area (Å²) in [6, 6.07) is 0. The maximum atomic E-state index is 13.4. The van der Waals surface area contributed by atoms with E-state index in [1.165, 1.54) is 0 Å². The standard InChI is InChI=1S/C12H18F2O4/c1-11(2,12(13,14)10(16)17)18-9(15)8-6-4-3-5-7-8/h8H,3-7H2,1-2H3,(H,16,17). The molecule has 1 rings (SSSR count). The van der Waals surface area contributed by atoms with Crippen LogP contribution >= 0.6 is 0 Å². The van der Waals surface area contributed by atoms with Crippen LogP contribution in [0.25, 0.3) is 0 Å². The van der Waals surface area contributed by atoms with Crippen molar-refractivity contribution in [3.05, 3.63) is 0 Å². The molecular weight excluding hydrogens is 246 g/mol. The number of carbonyl (C=O) groups is 2. The molecule has 18 heavy (non-hydrogen) atoms. The maximum absolute atomic E-state index is 13.4. The molecule has 0 radical (unpaired) electrons. The van der Waals surface area contributed by atoms with Crippen molar-refractivity contribution in [1.29, 1.82) is 0 Å². The van der Waals surface area contributed by atoms with Gasteiger partial charge in [-0.25, -0.2) is 4.79 Å². The number of aliphatic carboxylic acids is 1. The van der Waals surface area contributed by atoms with Crippen LogP contribution in [0.2, 0.25) is 0 Å². The third-order valence-electron chi connectivity index (χ3n) is 3.32. The first-order valence-corrected chi connectivity index (χ1v) is 6.02. The van der Waals surface area contributed by atoms with Gasteiger partial charge in [-0.1, -0.05) is 19.3 Å². The van der Waals surface area contributed by atoms with E-state index in [4.69, 9.17) is 9.84 Å². The van der Waals surface area contributed by atoms with Crippen molar-refractivity contribution in [3.8, 4) is 0 Å². The molecule has 1 aliphatic carbocycles. The van der Waals surface area contributed by atoms with Gasteiger partial charge in [0.25, 0.3) is 0 Å². The summed E-state index contributed by atoms with van der Waals surface area (Å²) >= 11 is 0. The highest BCUT2D eigenvalue weighted by Gasteiger charge is 2.57. The lowest BCUT2D eigenvalue weighted by Crippen LogP contribution is -2.52. The highest BCUT2D eigenvalue weighted by atomic mass is 19.3. The Bertz CT molecular complexity index is 333. The highest BCUT2D eigenvalue weighted by molar-refractivity contribution is 5.79. The Balaban J connectivity index is 2.70. The summed E-state index contributed by atoms with van der Waals surface area (Å²) in [5, 5.41) is 8.46. The zero-order valence-corrected chi connectivity index (χ0v) is 10.5. The Hall–Kier alpha value is -1.20. The Labute approximate surface area is 104 Å². The number of alkyl halides is 2. The van der Waals surface area contributed by atoms with E-state index in [2.05, 4.69) is 0 Å². The predicted molar refractivity (Wildman–Crippen MR) is 59.3 cm³/mol. The van der Waals surface area contributed by atoms with E-state index < -0.39 is 23.5 Å². The molecule has 1 saturated carbocycles. The molecular formula is C12H18F2O4. The Morgan fingerprint density at radius 3 is 2.11 bits per heavy atom. The third kappa shape index (κ3) is 2.97. The number of hydrogen-bond donors (Lipinski definition) is 1. The highest BCUT2D eigenvalue weighted by Crippen LogP contribution is 2.34. The number of hydrogen-bond acceptors (Lipinski definition) is 3. The van der Waals surface area contributed by atoms with Gasteiger partial charge in [-0.05, 0) is 26.7 Å². The number of rotatable bonds is 4. The number of halogens is 2. The lowest BCUT2D eigenvalue weighted by molar-refractivity contribution is -0.216. The lowest BCUT2D eigenvalue weighted by atomic mass is 9.89. The molecule has 0 aromatic rings. The zero-order chi connectivity index (χ0) is 14.0. The first-order valence-electron chi connectivity index (χ1n) is 6.02. The van der Waals surface area contributed by atoms with Gasteiger partial charge < -0.3 is 9.84 Å². The van der Waals surface area contributed by atoms with Crippen LogP contribution in [-0.4, -0.2) is 28.6 Å². The van der Waals surface area contributed by atoms with Crippen molar-refractivity contribution in [2.24, 2.45) is 5.92 Å². The summed E-state index contributed by atoms with van der Waals surface area (Å²) in [4.78, 5) is 22.2. The van der Waals surface area contributed by atoms with E-state index in [1.54, 1.807) is 0 Å². The molecule has 0 aromatic heterocycles. The molecule has 4 nitrogen and oxygen atoms in total. The van der Waals surface area contributed by atoms with Crippen molar-refractivity contribution >= 4 is 11.9 Å². The van der Waals surface area contributed by atoms with E-state index in [1.807, 2.05) is 0 Å². The molecule has 0 amide bonds. The Kier molecular flexibility index (Phi) is 4.29. The molecule has 0 heterocycles. The fourth-order valence-electron chi connectivity index (χ4n) is 1.99. The molecule has 104 valence electrons. The van der Waals surface area contributed by atoms with E-state index >= 15 is 0 Å². The largest absolute Gasteiger partial charge is 0.477 e. The van der Waals surface area contributed by atoms with Crippen molar-refractivity contribution < 1.29 is 28.2 Å². The molecule has 0 aromatic carbocycles. The first-order chi connectivity index (χ1) is 8.18. The summed E-state index contributed by atoms with van der Waals surface area (Å²) in [6.45, 7) is 1.84. The van der Waals surface area contributed by atoms with Gasteiger partial charge in [0.05, 0.1) is 5.92 Å². The minimum Gasteiger partial charge on any atom is -0.477 e. The quantitative estimate of drug-likeness (QED) is 0.793. The fraction of sp³-hybridized carbons (Fsp3) is 0.833. The Morgan fingerprint density at radius 2 is 1.67 bits per heavy atom. The second kappa shape index (κ2) is 5.20. The Morgan fingerprint density at radius 1 is 1.17 bits per heavy atom. The van der Waals surface area contributed by atoms with Crippen LogP contribution in [-0.2, 0) is 14.3 Å². The molecule has 6 heteroatoms. The van der Waals surface area contributed by atoms with E-state index in [0.29, 0.717) is 12.8 Å². The number of carboxylic acids is 1. The van der Waals surface area contributed by atoms with Crippen LogP contribution in [0.1, 0.15) is 46.0 Å². The molecule has 0 unspecified atom stereocenters. The smallest absolute Gasteiger partial charge is 0.380 e. The van der Waals surface area contributed by atoms with E-state index in [9.17, 15) is 18.4 Å². The molecule has 0 spiro atoms. The van der Waals surface area contributed by atoms with Crippen molar-refractivity contribution in [1.82, 2.24) is 0 Å². The fourth-order valence-corrected chi connectivity index (χ4v) is 1.99. The van der Waals surface area contributed by atoms with Crippen molar-refractivity contribution in [3.63, 3.8) is 0 Å². The van der Waals surface area contributed by atoms with Crippen LogP contribution in [0.3, 0.4) is 0 Å². The second-order valence-electron chi connectivity index (χ2n) is 5.15. The predicted octanol–water partition coefficient (Wildman–Crippen LogP) is 2.61. The van der Waals surface area contributed by atoms with Gasteiger partial charge in [0.15, 0.2) is 5.60 Å². The molecule has 0 atom stereocenters. The van der Waals surface area contributed by atoms with Gasteiger partial charge in [-0.15, -0.1) is 0 Å². The summed E-state index contributed by atoms with van der Waals surface area (Å²) in [5.41, 5.74) is -2.34. The van der Waals surface area contributed by atoms with E-state index in [0.717, 1.165) is 33.1 Å². The van der Waals surface area contributed by atoms with Crippen molar-refractivity contribution in [2.75, 3.05) is 0 Å². The van der Waals surface area contributed by atoms with Gasteiger partial charge in [0.2, 0.25) is 0 Å². The molecule has 0 saturated heterocycles. The average molecular weight is 264 g/mol. The number of ether oxygens (including phenoxy) is 1. The molecule has 1 N–H and O–H groups in total. The summed E-state index contributed by atoms with van der Waals surface area (Å²) in [5.74, 6) is -7.50. The van der Waals surface area contributed by atoms with Crippen LogP contribution in [0, 0.1) is 5.92 Å². The summed E-state index contributed by atoms with van der Waals surface area (Å²) < 4.78 is 31.5. The normalized spacial score (nSPS) is 18.4. The number of carboxylic acid groups (broad SMARTS) is 1. The average Bonchev–Trinajstić information content (AvgIpc) is 2.29. The van der Waals surface area contributed by atoms with Gasteiger partial charge in [0, 0.05) is 0 Å². The number of carbonyl (C=O) groups excluding carboxylic acids is 1. The molecule has 1 fully saturated rings. The SMILES string of the molecule is CC(C)(OC(=O)C1CCCCC1)C(F)(F)C(=O)O. The topological polar surface area (TPSA) is 63.6 Å². The number of esters is 1. The minimum atomic E-state index is -4.10. The third-order valence-corrected chi connectivity index (χ3v) is 3.32. The van der Waals surface area contributed by atoms with Gasteiger partial charge >= 0.3 is 17.9 Å². The lowest BCUT2D eigenvalue weighted by Gasteiger charge is -2.32. The van der Waals surface area contributed by atoms with E-state index in [-0.39, 0.29) is 5.92 Å². The summed E-state index contributed by atoms with van der Waals surface area (Å²) in [7, 11) is 0. The zero-order valence-electron chi connectivity index (χ0n) is 10.5. The molecule has 0 bridgehead atoms. The van der Waals surface area contributed by atoms with Gasteiger partial charge in [0.1, 0.15) is 0 Å². The van der Waals surface area contributed by atoms with Gasteiger partial charge in [-0.2, -0.15) is 8.78 Å². The monoisotopic (exact) mass is 264 g/mol. The molecule has 1 aliphatic rings.